The number of nitrogens with zero attached hydrogens (tertiary/aromatic N) is 4. The van der Waals surface area contributed by atoms with E-state index in [9.17, 15) is 0 Å². The van der Waals surface area contributed by atoms with Crippen molar-refractivity contribution < 1.29 is 0 Å². The SMILES string of the molecule is Cn1cncc1Cn1cc(CN)c2cccnc21. The van der Waals surface area contributed by atoms with Crippen LogP contribution in [0.5, 0.6) is 0 Å². The highest BCUT2D eigenvalue weighted by Crippen LogP contribution is 2.19. The summed E-state index contributed by atoms with van der Waals surface area (Å²) in [6.07, 6.45) is 7.56. The molecule has 0 aliphatic rings. The molecule has 3 heterocycles. The van der Waals surface area contributed by atoms with Gasteiger partial charge in [-0.3, -0.25) is 0 Å². The van der Waals surface area contributed by atoms with Crippen LogP contribution in [0.2, 0.25) is 0 Å². The second-order valence-corrected chi connectivity index (χ2v) is 4.36. The van der Waals surface area contributed by atoms with E-state index in [4.69, 9.17) is 5.73 Å². The third kappa shape index (κ3) is 1.69. The zero-order valence-electron chi connectivity index (χ0n) is 10.2. The van der Waals surface area contributed by atoms with Crippen molar-refractivity contribution in [3.63, 3.8) is 0 Å². The molecule has 0 fully saturated rings. The Morgan fingerprint density at radius 3 is 3.00 bits per heavy atom. The van der Waals surface area contributed by atoms with Crippen LogP contribution in [0.3, 0.4) is 0 Å². The Labute approximate surface area is 105 Å². The summed E-state index contributed by atoms with van der Waals surface area (Å²) in [5.74, 6) is 0. The molecule has 0 unspecified atom stereocenters. The van der Waals surface area contributed by atoms with Crippen LogP contribution in [0.4, 0.5) is 0 Å². The molecule has 0 aliphatic heterocycles. The standard InChI is InChI=1S/C13H15N5/c1-17-9-15-6-11(17)8-18-7-10(5-14)12-3-2-4-16-13(12)18/h2-4,6-7,9H,5,8,14H2,1H3. The molecule has 3 rings (SSSR count). The first-order valence-corrected chi connectivity index (χ1v) is 5.87. The van der Waals surface area contributed by atoms with E-state index in [2.05, 4.69) is 26.8 Å². The van der Waals surface area contributed by atoms with Crippen molar-refractivity contribution in [3.8, 4) is 0 Å². The van der Waals surface area contributed by atoms with Crippen molar-refractivity contribution in [2.45, 2.75) is 13.1 Å². The van der Waals surface area contributed by atoms with Crippen LogP contribution in [0.15, 0.2) is 37.1 Å². The summed E-state index contributed by atoms with van der Waals surface area (Å²) in [5, 5.41) is 1.13. The van der Waals surface area contributed by atoms with E-state index in [0.717, 1.165) is 28.8 Å². The Morgan fingerprint density at radius 2 is 2.28 bits per heavy atom. The zero-order chi connectivity index (χ0) is 12.5. The lowest BCUT2D eigenvalue weighted by molar-refractivity contribution is 0.736. The summed E-state index contributed by atoms with van der Waals surface area (Å²) in [6, 6.07) is 4.00. The largest absolute Gasteiger partial charge is 0.336 e. The third-order valence-electron chi connectivity index (χ3n) is 3.19. The Balaban J connectivity index is 2.09. The van der Waals surface area contributed by atoms with Crippen molar-refractivity contribution in [2.24, 2.45) is 12.8 Å². The van der Waals surface area contributed by atoms with Crippen LogP contribution >= 0.6 is 0 Å². The van der Waals surface area contributed by atoms with Gasteiger partial charge < -0.3 is 14.9 Å². The Morgan fingerprint density at radius 1 is 1.39 bits per heavy atom. The molecular weight excluding hydrogens is 226 g/mol. The molecule has 0 saturated heterocycles. The minimum absolute atomic E-state index is 0.528. The molecule has 92 valence electrons. The quantitative estimate of drug-likeness (QED) is 0.751. The number of pyridine rings is 1. The average Bonchev–Trinajstić information content (AvgIpc) is 2.95. The molecule has 0 saturated carbocycles. The van der Waals surface area contributed by atoms with Gasteiger partial charge in [0, 0.05) is 37.6 Å². The van der Waals surface area contributed by atoms with E-state index < -0.39 is 0 Å². The van der Waals surface area contributed by atoms with Crippen molar-refractivity contribution in [3.05, 3.63) is 48.3 Å². The number of hydrogen-bond acceptors (Lipinski definition) is 3. The summed E-state index contributed by atoms with van der Waals surface area (Å²) in [4.78, 5) is 8.57. The van der Waals surface area contributed by atoms with Crippen molar-refractivity contribution in [2.75, 3.05) is 0 Å². The second-order valence-electron chi connectivity index (χ2n) is 4.36. The highest BCUT2D eigenvalue weighted by Gasteiger charge is 2.09. The highest BCUT2D eigenvalue weighted by atomic mass is 15.1. The molecular formula is C13H15N5. The second kappa shape index (κ2) is 4.27. The fourth-order valence-corrected chi connectivity index (χ4v) is 2.19. The topological polar surface area (TPSA) is 61.7 Å². The first-order valence-electron chi connectivity index (χ1n) is 5.87. The summed E-state index contributed by atoms with van der Waals surface area (Å²) in [7, 11) is 1.99. The number of aryl methyl sites for hydroxylation is 1. The molecule has 3 aromatic heterocycles. The van der Waals surface area contributed by atoms with E-state index in [1.807, 2.05) is 30.1 Å². The van der Waals surface area contributed by atoms with Crippen LogP contribution in [0, 0.1) is 0 Å². The minimum atomic E-state index is 0.528. The van der Waals surface area contributed by atoms with Gasteiger partial charge in [0.05, 0.1) is 18.6 Å². The molecule has 0 radical (unpaired) electrons. The Hall–Kier alpha value is -2.14. The average molecular weight is 241 g/mol. The monoisotopic (exact) mass is 241 g/mol. The molecule has 5 heteroatoms. The third-order valence-corrected chi connectivity index (χ3v) is 3.19. The lowest BCUT2D eigenvalue weighted by Gasteiger charge is -2.04. The summed E-state index contributed by atoms with van der Waals surface area (Å²) >= 11 is 0. The van der Waals surface area contributed by atoms with Gasteiger partial charge in [0.25, 0.3) is 0 Å². The van der Waals surface area contributed by atoms with Crippen LogP contribution < -0.4 is 5.73 Å². The van der Waals surface area contributed by atoms with E-state index in [1.54, 1.807) is 6.33 Å². The molecule has 18 heavy (non-hydrogen) atoms. The highest BCUT2D eigenvalue weighted by molar-refractivity contribution is 5.80. The molecule has 0 bridgehead atoms. The maximum Gasteiger partial charge on any atom is 0.140 e. The number of rotatable bonds is 3. The molecule has 0 atom stereocenters. The van der Waals surface area contributed by atoms with E-state index in [1.165, 1.54) is 0 Å². The summed E-state index contributed by atoms with van der Waals surface area (Å²) in [6.45, 7) is 1.28. The fourth-order valence-electron chi connectivity index (χ4n) is 2.19. The first kappa shape index (κ1) is 11.0. The lowest BCUT2D eigenvalue weighted by atomic mass is 10.2. The molecule has 0 spiro atoms. The molecule has 2 N–H and O–H groups in total. The first-order chi connectivity index (χ1) is 8.79. The van der Waals surface area contributed by atoms with Gasteiger partial charge in [0.15, 0.2) is 0 Å². The number of nitrogens with two attached hydrogens (primary N) is 1. The van der Waals surface area contributed by atoms with Gasteiger partial charge in [-0.1, -0.05) is 0 Å². The Kier molecular flexibility index (Phi) is 2.60. The van der Waals surface area contributed by atoms with E-state index in [-0.39, 0.29) is 0 Å². The van der Waals surface area contributed by atoms with Gasteiger partial charge in [-0.2, -0.15) is 0 Å². The molecule has 3 aromatic rings. The molecule has 0 amide bonds. The van der Waals surface area contributed by atoms with Gasteiger partial charge in [-0.05, 0) is 17.7 Å². The van der Waals surface area contributed by atoms with Gasteiger partial charge in [0.2, 0.25) is 0 Å². The van der Waals surface area contributed by atoms with E-state index >= 15 is 0 Å². The van der Waals surface area contributed by atoms with Crippen molar-refractivity contribution >= 4 is 11.0 Å². The predicted octanol–water partition coefficient (Wildman–Crippen LogP) is 1.28. The number of fused-ring (bicyclic) bond motifs is 1. The molecule has 0 aromatic carbocycles. The van der Waals surface area contributed by atoms with Gasteiger partial charge >= 0.3 is 0 Å². The molecule has 5 nitrogen and oxygen atoms in total. The zero-order valence-corrected chi connectivity index (χ0v) is 10.2. The van der Waals surface area contributed by atoms with Gasteiger partial charge in [-0.15, -0.1) is 0 Å². The van der Waals surface area contributed by atoms with Crippen LogP contribution in [-0.4, -0.2) is 19.1 Å². The maximum absolute atomic E-state index is 5.77. The van der Waals surface area contributed by atoms with Crippen LogP contribution in [0.1, 0.15) is 11.3 Å². The summed E-state index contributed by atoms with van der Waals surface area (Å²) in [5.41, 5.74) is 9.01. The summed E-state index contributed by atoms with van der Waals surface area (Å²) < 4.78 is 4.13. The fraction of sp³-hybridized carbons (Fsp3) is 0.231. The van der Waals surface area contributed by atoms with Crippen LogP contribution in [0.25, 0.3) is 11.0 Å². The smallest absolute Gasteiger partial charge is 0.140 e. The van der Waals surface area contributed by atoms with Crippen molar-refractivity contribution in [1.29, 1.82) is 0 Å². The lowest BCUT2D eigenvalue weighted by Crippen LogP contribution is -2.03. The van der Waals surface area contributed by atoms with Crippen LogP contribution in [-0.2, 0) is 20.1 Å². The predicted molar refractivity (Wildman–Crippen MR) is 69.9 cm³/mol. The van der Waals surface area contributed by atoms with Gasteiger partial charge in [-0.25, -0.2) is 9.97 Å². The number of imidazole rings is 1. The minimum Gasteiger partial charge on any atom is -0.336 e. The van der Waals surface area contributed by atoms with E-state index in [0.29, 0.717) is 6.54 Å². The van der Waals surface area contributed by atoms with Gasteiger partial charge in [0.1, 0.15) is 5.65 Å². The normalized spacial score (nSPS) is 11.2. The number of aromatic nitrogens is 4. The maximum atomic E-state index is 5.77. The Bertz CT molecular complexity index is 680. The number of hydrogen-bond donors (Lipinski definition) is 1. The molecule has 0 aliphatic carbocycles. The van der Waals surface area contributed by atoms with Crippen molar-refractivity contribution in [1.82, 2.24) is 19.1 Å².